The molecule has 3 atom stereocenters. The summed E-state index contributed by atoms with van der Waals surface area (Å²) >= 11 is 0. The monoisotopic (exact) mass is 512 g/mol. The first kappa shape index (κ1) is 26.3. The topological polar surface area (TPSA) is 68.9 Å². The fourth-order valence-corrected chi connectivity index (χ4v) is 7.14. The normalized spacial score (nSPS) is 24.8. The maximum atomic E-state index is 12.7. The van der Waals surface area contributed by atoms with Crippen molar-refractivity contribution in [3.8, 4) is 11.5 Å². The minimum atomic E-state index is -1.12. The second kappa shape index (κ2) is 9.79. The minimum Gasteiger partial charge on any atom is -0.504 e. The predicted octanol–water partition coefficient (Wildman–Crippen LogP) is 5.93. The first-order valence-electron chi connectivity index (χ1n) is 13.8. The Kier molecular flexibility index (Phi) is 6.79. The molecule has 0 saturated carbocycles. The van der Waals surface area contributed by atoms with Gasteiger partial charge in [-0.05, 0) is 62.7 Å². The summed E-state index contributed by atoms with van der Waals surface area (Å²) in [6.45, 7) is 9.61. The van der Waals surface area contributed by atoms with Gasteiger partial charge in [0.15, 0.2) is 11.5 Å². The molecule has 1 aliphatic heterocycles. The van der Waals surface area contributed by atoms with Crippen molar-refractivity contribution in [1.82, 2.24) is 9.47 Å². The molecule has 1 fully saturated rings. The van der Waals surface area contributed by atoms with Gasteiger partial charge in [0, 0.05) is 53.0 Å². The van der Waals surface area contributed by atoms with Gasteiger partial charge in [0.1, 0.15) is 0 Å². The molecule has 4 aromatic rings. The highest BCUT2D eigenvalue weighted by Gasteiger charge is 2.62. The largest absolute Gasteiger partial charge is 0.504 e. The van der Waals surface area contributed by atoms with Crippen molar-refractivity contribution in [1.29, 1.82) is 0 Å². The molecule has 0 radical (unpaired) electrons. The minimum absolute atomic E-state index is 0.0978. The Morgan fingerprint density at radius 3 is 2.34 bits per heavy atom. The van der Waals surface area contributed by atoms with Crippen molar-refractivity contribution < 1.29 is 15.3 Å². The van der Waals surface area contributed by atoms with Gasteiger partial charge in [-0.15, -0.1) is 0 Å². The molecule has 0 bridgehead atoms. The number of likely N-dealkylation sites (tertiary alicyclic amines) is 1. The van der Waals surface area contributed by atoms with E-state index in [0.717, 1.165) is 18.7 Å². The van der Waals surface area contributed by atoms with E-state index in [1.165, 1.54) is 27.7 Å². The van der Waals surface area contributed by atoms with Crippen molar-refractivity contribution in [3.63, 3.8) is 0 Å². The molecular formula is C33H40N2O3. The number of nitrogens with zero attached hydrogens (tertiary/aromatic N) is 2. The van der Waals surface area contributed by atoms with Gasteiger partial charge in [-0.25, -0.2) is 0 Å². The zero-order valence-electron chi connectivity index (χ0n) is 23.2. The van der Waals surface area contributed by atoms with E-state index >= 15 is 0 Å². The summed E-state index contributed by atoms with van der Waals surface area (Å²) in [7, 11) is 2.07. The van der Waals surface area contributed by atoms with Gasteiger partial charge in [0.2, 0.25) is 0 Å². The lowest BCUT2D eigenvalue weighted by Crippen LogP contribution is -2.70. The molecule has 1 aromatic heterocycles. The summed E-state index contributed by atoms with van der Waals surface area (Å²) in [5.41, 5.74) is 4.53. The van der Waals surface area contributed by atoms with Gasteiger partial charge < -0.3 is 24.8 Å². The number of hydrogen-bond acceptors (Lipinski definition) is 4. The van der Waals surface area contributed by atoms with Gasteiger partial charge in [0.25, 0.3) is 0 Å². The molecule has 6 rings (SSSR count). The van der Waals surface area contributed by atoms with E-state index in [1.54, 1.807) is 6.07 Å². The Bertz CT molecular complexity index is 1460. The average Bonchev–Trinajstić information content (AvgIpc) is 3.22. The molecular weight excluding hydrogens is 472 g/mol. The Balaban J connectivity index is 0.00000144. The highest BCUT2D eigenvalue weighted by molar-refractivity contribution is 5.86. The average molecular weight is 513 g/mol. The lowest BCUT2D eigenvalue weighted by molar-refractivity contribution is -0.133. The first-order chi connectivity index (χ1) is 18.3. The Labute approximate surface area is 226 Å². The van der Waals surface area contributed by atoms with Crippen LogP contribution in [0.1, 0.15) is 55.1 Å². The SMILES string of the molecule is CC.Cc1ccc(O)c(O)c1[C@]12CCN(C)C(C)[C@]1(O)Cc1c(n(Cc3ccccc3)c3ccccc13)C2. The number of benzene rings is 3. The summed E-state index contributed by atoms with van der Waals surface area (Å²) < 4.78 is 2.40. The lowest BCUT2D eigenvalue weighted by Gasteiger charge is -2.59. The van der Waals surface area contributed by atoms with Crippen LogP contribution in [0.25, 0.3) is 10.9 Å². The predicted molar refractivity (Wildman–Crippen MR) is 154 cm³/mol. The molecule has 1 unspecified atom stereocenters. The Morgan fingerprint density at radius 2 is 1.61 bits per heavy atom. The van der Waals surface area contributed by atoms with Crippen molar-refractivity contribution in [2.45, 2.75) is 70.6 Å². The summed E-state index contributed by atoms with van der Waals surface area (Å²) in [4.78, 5) is 2.22. The highest BCUT2D eigenvalue weighted by Crippen LogP contribution is 2.57. The number of rotatable bonds is 3. The van der Waals surface area contributed by atoms with Crippen LogP contribution in [-0.4, -0.2) is 50.0 Å². The first-order valence-corrected chi connectivity index (χ1v) is 13.8. The smallest absolute Gasteiger partial charge is 0.161 e. The Hall–Kier alpha value is -3.28. The van der Waals surface area contributed by atoms with Crippen LogP contribution in [0.15, 0.2) is 66.7 Å². The number of para-hydroxylation sites is 1. The van der Waals surface area contributed by atoms with Crippen molar-refractivity contribution in [2.75, 3.05) is 13.6 Å². The molecule has 200 valence electrons. The number of likely N-dealkylation sites (N-methyl/N-ethyl adjacent to an activating group) is 1. The van der Waals surface area contributed by atoms with Gasteiger partial charge in [0.05, 0.1) is 5.60 Å². The van der Waals surface area contributed by atoms with Crippen LogP contribution in [0, 0.1) is 6.92 Å². The molecule has 38 heavy (non-hydrogen) atoms. The van der Waals surface area contributed by atoms with E-state index in [-0.39, 0.29) is 17.5 Å². The third-order valence-electron chi connectivity index (χ3n) is 9.21. The fraction of sp³-hybridized carbons (Fsp3) is 0.394. The molecule has 2 heterocycles. The third-order valence-corrected chi connectivity index (χ3v) is 9.21. The molecule has 5 heteroatoms. The van der Waals surface area contributed by atoms with Gasteiger partial charge in [-0.2, -0.15) is 0 Å². The number of hydrogen-bond donors (Lipinski definition) is 3. The number of phenolic OH excluding ortho intramolecular Hbond substituents is 2. The number of aromatic hydroxyl groups is 2. The molecule has 1 aliphatic carbocycles. The molecule has 3 aromatic carbocycles. The maximum Gasteiger partial charge on any atom is 0.161 e. The summed E-state index contributed by atoms with van der Waals surface area (Å²) in [6.07, 6.45) is 1.77. The number of fused-ring (bicyclic) bond motifs is 4. The van der Waals surface area contributed by atoms with E-state index in [4.69, 9.17) is 0 Å². The van der Waals surface area contributed by atoms with Crippen LogP contribution in [0.3, 0.4) is 0 Å². The summed E-state index contributed by atoms with van der Waals surface area (Å²) in [5.74, 6) is -0.228. The molecule has 0 amide bonds. The Morgan fingerprint density at radius 1 is 0.921 bits per heavy atom. The summed E-state index contributed by atoms with van der Waals surface area (Å²) in [5, 5.41) is 35.7. The molecule has 0 spiro atoms. The van der Waals surface area contributed by atoms with Crippen LogP contribution < -0.4 is 0 Å². The van der Waals surface area contributed by atoms with Crippen LogP contribution in [-0.2, 0) is 24.8 Å². The number of piperidine rings is 1. The standard InChI is InChI=1S/C31H34N2O3.C2H6/c1-20-13-14-27(34)29(35)28(20)30-15-16-32(3)21(2)31(30,36)17-24-23-11-7-8-12-25(23)33(26(24)18-30)19-22-9-5-4-6-10-22;1-2/h4-14,21,34-36H,15-19H2,1-3H3;1-2H3/t21?,30-,31-;/m1./s1. The fourth-order valence-electron chi connectivity index (χ4n) is 7.14. The van der Waals surface area contributed by atoms with Crippen LogP contribution in [0.2, 0.25) is 0 Å². The number of aryl methyl sites for hydroxylation is 1. The zero-order valence-corrected chi connectivity index (χ0v) is 23.2. The van der Waals surface area contributed by atoms with Crippen molar-refractivity contribution in [2.24, 2.45) is 0 Å². The van der Waals surface area contributed by atoms with Crippen LogP contribution in [0.5, 0.6) is 11.5 Å². The zero-order chi connectivity index (χ0) is 27.2. The molecule has 1 saturated heterocycles. The quantitative estimate of drug-likeness (QED) is 0.298. The van der Waals surface area contributed by atoms with E-state index < -0.39 is 11.0 Å². The van der Waals surface area contributed by atoms with E-state index in [2.05, 4.69) is 72.0 Å². The van der Waals surface area contributed by atoms with Gasteiger partial charge in [-0.1, -0.05) is 68.4 Å². The molecule has 5 nitrogen and oxygen atoms in total. The summed E-state index contributed by atoms with van der Waals surface area (Å²) in [6, 6.07) is 22.2. The van der Waals surface area contributed by atoms with Gasteiger partial charge >= 0.3 is 0 Å². The van der Waals surface area contributed by atoms with Crippen LogP contribution in [0.4, 0.5) is 0 Å². The number of aliphatic hydroxyl groups is 1. The van der Waals surface area contributed by atoms with Crippen LogP contribution >= 0.6 is 0 Å². The number of aromatic nitrogens is 1. The van der Waals surface area contributed by atoms with E-state index in [0.29, 0.717) is 24.8 Å². The molecule has 3 N–H and O–H groups in total. The maximum absolute atomic E-state index is 12.7. The van der Waals surface area contributed by atoms with E-state index in [1.807, 2.05) is 32.9 Å². The lowest BCUT2D eigenvalue weighted by atomic mass is 9.53. The highest BCUT2D eigenvalue weighted by atomic mass is 16.3. The van der Waals surface area contributed by atoms with E-state index in [9.17, 15) is 15.3 Å². The second-order valence-electron chi connectivity index (χ2n) is 10.9. The third kappa shape index (κ3) is 3.75. The van der Waals surface area contributed by atoms with Crippen molar-refractivity contribution >= 4 is 10.9 Å². The second-order valence-corrected chi connectivity index (χ2v) is 10.9. The number of phenols is 2. The van der Waals surface area contributed by atoms with Crippen molar-refractivity contribution in [3.05, 3.63) is 94.7 Å². The molecule has 2 aliphatic rings. The van der Waals surface area contributed by atoms with Gasteiger partial charge in [-0.3, -0.25) is 0 Å².